The molecule has 2 aromatic heterocycles. The number of aliphatic hydroxyl groups is 3. The Balaban J connectivity index is 1.75. The monoisotopic (exact) mass is 470 g/mol. The van der Waals surface area contributed by atoms with Crippen LogP contribution in [0.15, 0.2) is 48.5 Å². The number of aromatic nitrogens is 2. The van der Waals surface area contributed by atoms with Crippen LogP contribution in [0.2, 0.25) is 10.0 Å². The van der Waals surface area contributed by atoms with Gasteiger partial charge in [0.2, 0.25) is 0 Å². The zero-order chi connectivity index (χ0) is 22.3. The molecule has 1 aliphatic heterocycles. The maximum absolute atomic E-state index is 10.9. The Morgan fingerprint density at radius 3 is 2.28 bits per heavy atom. The smallest absolute Gasteiger partial charge is 0.163 e. The lowest BCUT2D eigenvalue weighted by atomic mass is 9.99. The number of aromatic amines is 1. The van der Waals surface area contributed by atoms with Gasteiger partial charge in [0, 0.05) is 37.1 Å². The summed E-state index contributed by atoms with van der Waals surface area (Å²) < 4.78 is 7.93. The van der Waals surface area contributed by atoms with Crippen molar-refractivity contribution in [1.82, 2.24) is 9.55 Å². The number of fused-ring (bicyclic) bond motifs is 7. The van der Waals surface area contributed by atoms with Crippen LogP contribution in [0.3, 0.4) is 0 Å². The quantitative estimate of drug-likeness (QED) is 0.285. The van der Waals surface area contributed by atoms with Crippen molar-refractivity contribution < 1.29 is 20.1 Å². The second-order valence-electron chi connectivity index (χ2n) is 8.43. The molecule has 0 unspecified atom stereocenters. The van der Waals surface area contributed by atoms with Crippen LogP contribution >= 0.6 is 23.2 Å². The number of H-pyrrole nitrogens is 1. The first-order valence-corrected chi connectivity index (χ1v) is 11.1. The molecule has 0 bridgehead atoms. The molecule has 0 amide bonds. The molecule has 5 atom stereocenters. The third-order valence-corrected chi connectivity index (χ3v) is 7.01. The van der Waals surface area contributed by atoms with Crippen molar-refractivity contribution >= 4 is 66.8 Å². The Hall–Kier alpha value is -2.32. The fraction of sp³-hybridized carbons (Fsp3) is 0.250. The maximum Gasteiger partial charge on any atom is 0.163 e. The molecule has 0 saturated carbocycles. The van der Waals surface area contributed by atoms with Crippen LogP contribution in [0.4, 0.5) is 0 Å². The topological polar surface area (TPSA) is 90.6 Å². The van der Waals surface area contributed by atoms with E-state index in [0.29, 0.717) is 10.0 Å². The van der Waals surface area contributed by atoms with Gasteiger partial charge in [-0.05, 0) is 43.3 Å². The van der Waals surface area contributed by atoms with Crippen molar-refractivity contribution in [3.8, 4) is 0 Å². The molecule has 0 radical (unpaired) electrons. The number of benzene rings is 3. The van der Waals surface area contributed by atoms with Crippen LogP contribution in [-0.2, 0) is 4.74 Å². The Morgan fingerprint density at radius 2 is 1.50 bits per heavy atom. The standard InChI is InChI=1S/C24H20Cl2N2O4/c1-10-21(29)22(30)23(31)24(32-10)28-18-7-3-12(26)9-16(18)14-5-4-13-15-8-11(25)2-6-17(15)27-19(13)20(14)28/h2-10,21-24,27,29-31H,1H3/t10-,21+,22-,23+,24+/m0/s1. The third-order valence-electron chi connectivity index (χ3n) is 6.54. The summed E-state index contributed by atoms with van der Waals surface area (Å²) in [5, 5.41) is 36.6. The Bertz CT molecular complexity index is 1530. The molecule has 164 valence electrons. The van der Waals surface area contributed by atoms with Gasteiger partial charge in [0.25, 0.3) is 0 Å². The number of ether oxygens (including phenoxy) is 1. The minimum absolute atomic E-state index is 0.592. The highest BCUT2D eigenvalue weighted by Crippen LogP contribution is 2.42. The summed E-state index contributed by atoms with van der Waals surface area (Å²) >= 11 is 12.6. The van der Waals surface area contributed by atoms with Gasteiger partial charge in [-0.15, -0.1) is 0 Å². The number of hydrogen-bond donors (Lipinski definition) is 4. The average molecular weight is 471 g/mol. The van der Waals surface area contributed by atoms with Crippen molar-refractivity contribution in [2.24, 2.45) is 0 Å². The minimum Gasteiger partial charge on any atom is -0.388 e. The van der Waals surface area contributed by atoms with Gasteiger partial charge < -0.3 is 29.6 Å². The van der Waals surface area contributed by atoms with E-state index in [1.807, 2.05) is 47.0 Å². The van der Waals surface area contributed by atoms with Crippen LogP contribution in [0.5, 0.6) is 0 Å². The fourth-order valence-corrected chi connectivity index (χ4v) is 5.30. The van der Waals surface area contributed by atoms with E-state index >= 15 is 0 Å². The van der Waals surface area contributed by atoms with E-state index in [9.17, 15) is 15.3 Å². The average Bonchev–Trinajstić information content (AvgIpc) is 3.30. The molecule has 1 fully saturated rings. The predicted molar refractivity (Wildman–Crippen MR) is 126 cm³/mol. The number of nitrogens with zero attached hydrogens (tertiary/aromatic N) is 1. The number of hydrogen-bond acceptors (Lipinski definition) is 4. The maximum atomic E-state index is 10.9. The van der Waals surface area contributed by atoms with Crippen molar-refractivity contribution in [3.63, 3.8) is 0 Å². The highest BCUT2D eigenvalue weighted by atomic mass is 35.5. The molecule has 6 rings (SSSR count). The van der Waals surface area contributed by atoms with Crippen molar-refractivity contribution in [1.29, 1.82) is 0 Å². The van der Waals surface area contributed by atoms with E-state index in [1.54, 1.807) is 13.0 Å². The molecule has 6 nitrogen and oxygen atoms in total. The molecular formula is C24H20Cl2N2O4. The first-order chi connectivity index (χ1) is 15.3. The lowest BCUT2D eigenvalue weighted by Crippen LogP contribution is -2.54. The van der Waals surface area contributed by atoms with Crippen molar-refractivity contribution in [3.05, 3.63) is 58.6 Å². The van der Waals surface area contributed by atoms with Gasteiger partial charge in [-0.25, -0.2) is 0 Å². The molecule has 1 aliphatic rings. The van der Waals surface area contributed by atoms with Crippen molar-refractivity contribution in [2.75, 3.05) is 0 Å². The Labute approximate surface area is 192 Å². The van der Waals surface area contributed by atoms with E-state index in [1.165, 1.54) is 0 Å². The summed E-state index contributed by atoms with van der Waals surface area (Å²) in [5.74, 6) is 0. The van der Waals surface area contributed by atoms with Gasteiger partial charge in [0.1, 0.15) is 18.3 Å². The van der Waals surface area contributed by atoms with Crippen LogP contribution in [0, 0.1) is 0 Å². The number of halogens is 2. The van der Waals surface area contributed by atoms with Gasteiger partial charge in [-0.2, -0.15) is 0 Å². The first kappa shape index (κ1) is 20.3. The Kier molecular flexibility index (Phi) is 4.50. The molecule has 32 heavy (non-hydrogen) atoms. The van der Waals surface area contributed by atoms with E-state index in [0.717, 1.165) is 43.6 Å². The van der Waals surface area contributed by atoms with Gasteiger partial charge in [0.05, 0.1) is 22.7 Å². The summed E-state index contributed by atoms with van der Waals surface area (Å²) in [6.07, 6.45) is -5.43. The summed E-state index contributed by atoms with van der Waals surface area (Å²) in [7, 11) is 0. The molecule has 0 aliphatic carbocycles. The SMILES string of the molecule is C[C@@H]1O[C@@H](n2c3ccc(Cl)cc3c3ccc4c5cc(Cl)ccc5[nH]c4c32)[C@H](O)[C@@H](O)[C@@H]1O. The summed E-state index contributed by atoms with van der Waals surface area (Å²) in [6, 6.07) is 15.3. The summed E-state index contributed by atoms with van der Waals surface area (Å²) in [4.78, 5) is 3.49. The predicted octanol–water partition coefficient (Wildman–Crippen LogP) is 4.74. The second-order valence-corrected chi connectivity index (χ2v) is 9.31. The van der Waals surface area contributed by atoms with E-state index in [4.69, 9.17) is 27.9 Å². The van der Waals surface area contributed by atoms with E-state index < -0.39 is 30.6 Å². The lowest BCUT2D eigenvalue weighted by molar-refractivity contribution is -0.238. The molecule has 4 N–H and O–H groups in total. The largest absolute Gasteiger partial charge is 0.388 e. The zero-order valence-electron chi connectivity index (χ0n) is 17.0. The Morgan fingerprint density at radius 1 is 0.812 bits per heavy atom. The third kappa shape index (κ3) is 2.75. The lowest BCUT2D eigenvalue weighted by Gasteiger charge is -2.40. The van der Waals surface area contributed by atoms with Gasteiger partial charge in [-0.1, -0.05) is 35.3 Å². The molecule has 3 heterocycles. The van der Waals surface area contributed by atoms with Crippen LogP contribution in [-0.4, -0.2) is 49.3 Å². The molecule has 8 heteroatoms. The van der Waals surface area contributed by atoms with Gasteiger partial charge in [0.15, 0.2) is 6.23 Å². The first-order valence-electron chi connectivity index (χ1n) is 10.4. The molecule has 5 aromatic rings. The van der Waals surface area contributed by atoms with E-state index in [2.05, 4.69) is 4.98 Å². The molecule has 3 aromatic carbocycles. The highest BCUT2D eigenvalue weighted by Gasteiger charge is 2.43. The van der Waals surface area contributed by atoms with Gasteiger partial charge >= 0.3 is 0 Å². The highest BCUT2D eigenvalue weighted by molar-refractivity contribution is 6.33. The summed E-state index contributed by atoms with van der Waals surface area (Å²) in [5.41, 5.74) is 3.40. The van der Waals surface area contributed by atoms with Crippen LogP contribution in [0.25, 0.3) is 43.6 Å². The van der Waals surface area contributed by atoms with Gasteiger partial charge in [-0.3, -0.25) is 0 Å². The molecular weight excluding hydrogens is 451 g/mol. The van der Waals surface area contributed by atoms with E-state index in [-0.39, 0.29) is 0 Å². The van der Waals surface area contributed by atoms with Crippen molar-refractivity contribution in [2.45, 2.75) is 37.6 Å². The van der Waals surface area contributed by atoms with Crippen LogP contribution in [0.1, 0.15) is 13.2 Å². The minimum atomic E-state index is -1.34. The normalized spacial score (nSPS) is 26.6. The second kappa shape index (κ2) is 7.09. The summed E-state index contributed by atoms with van der Waals surface area (Å²) in [6.45, 7) is 1.68. The number of rotatable bonds is 1. The number of nitrogens with one attached hydrogen (secondary N) is 1. The molecule has 1 saturated heterocycles. The zero-order valence-corrected chi connectivity index (χ0v) is 18.5. The fourth-order valence-electron chi connectivity index (χ4n) is 4.95. The number of aliphatic hydroxyl groups excluding tert-OH is 3. The molecule has 0 spiro atoms. The van der Waals surface area contributed by atoms with Crippen LogP contribution < -0.4 is 0 Å².